The highest BCUT2D eigenvalue weighted by molar-refractivity contribution is 7.92. The van der Waals surface area contributed by atoms with E-state index < -0.39 is 27.9 Å². The van der Waals surface area contributed by atoms with Gasteiger partial charge >= 0.3 is 11.9 Å². The molecular weight excluding hydrogens is 424 g/mol. The van der Waals surface area contributed by atoms with Gasteiger partial charge in [0.2, 0.25) is 5.91 Å². The van der Waals surface area contributed by atoms with Crippen LogP contribution in [0.5, 0.6) is 0 Å². The van der Waals surface area contributed by atoms with Crippen LogP contribution in [0.1, 0.15) is 28.8 Å². The highest BCUT2D eigenvalue weighted by Crippen LogP contribution is 2.34. The third kappa shape index (κ3) is 3.74. The molecule has 0 radical (unpaired) electrons. The molecule has 1 atom stereocenters. The molecule has 9 nitrogen and oxygen atoms in total. The van der Waals surface area contributed by atoms with Crippen LogP contribution in [-0.4, -0.2) is 49.6 Å². The second kappa shape index (κ2) is 7.69. The van der Waals surface area contributed by atoms with Gasteiger partial charge in [-0.2, -0.15) is 0 Å². The third-order valence-corrected chi connectivity index (χ3v) is 7.44. The smallest absolute Gasteiger partial charge is 0.335 e. The Morgan fingerprint density at radius 2 is 1.74 bits per heavy atom. The number of aromatic carboxylic acids is 1. The average Bonchev–Trinajstić information content (AvgIpc) is 3.15. The predicted octanol–water partition coefficient (Wildman–Crippen LogP) is 1.96. The van der Waals surface area contributed by atoms with E-state index in [1.807, 2.05) is 0 Å². The van der Waals surface area contributed by atoms with Crippen molar-refractivity contribution in [2.24, 2.45) is 5.92 Å². The zero-order valence-electron chi connectivity index (χ0n) is 16.4. The lowest BCUT2D eigenvalue weighted by molar-refractivity contribution is -0.141. The standard InChI is InChI=1S/C21H20N2O7S/c24-19-11-15(21(27)28)12-22(19)16-4-6-17(7-5-16)31(29,30)23-9-1-2-13-10-14(20(25)26)3-8-18(13)23/h3-8,10,15H,1-2,9,11-12H2,(H,25,26)(H,27,28). The summed E-state index contributed by atoms with van der Waals surface area (Å²) >= 11 is 0. The molecule has 0 aromatic heterocycles. The summed E-state index contributed by atoms with van der Waals surface area (Å²) in [4.78, 5) is 35.9. The zero-order valence-corrected chi connectivity index (χ0v) is 17.2. The molecule has 2 aliphatic heterocycles. The molecule has 10 heteroatoms. The van der Waals surface area contributed by atoms with Gasteiger partial charge in [-0.15, -0.1) is 0 Å². The number of carbonyl (C=O) groups excluding carboxylic acids is 1. The Bertz CT molecular complexity index is 1170. The van der Waals surface area contributed by atoms with Crippen LogP contribution in [0.3, 0.4) is 0 Å². The Hall–Kier alpha value is -3.40. The van der Waals surface area contributed by atoms with Crippen molar-refractivity contribution in [3.8, 4) is 0 Å². The SMILES string of the molecule is O=C(O)c1ccc2c(c1)CCCN2S(=O)(=O)c1ccc(N2CC(C(=O)O)CC2=O)cc1. The Balaban J connectivity index is 1.61. The first-order chi connectivity index (χ1) is 14.7. The molecule has 2 N–H and O–H groups in total. The molecule has 2 heterocycles. The molecule has 1 amide bonds. The van der Waals surface area contributed by atoms with Crippen molar-refractivity contribution in [2.75, 3.05) is 22.3 Å². The number of aryl methyl sites for hydroxylation is 1. The van der Waals surface area contributed by atoms with Gasteiger partial charge in [0.05, 0.1) is 22.1 Å². The number of anilines is 2. The number of aliphatic carboxylic acids is 1. The van der Waals surface area contributed by atoms with Gasteiger partial charge in [-0.25, -0.2) is 13.2 Å². The summed E-state index contributed by atoms with van der Waals surface area (Å²) in [6, 6.07) is 10.2. The maximum absolute atomic E-state index is 13.3. The molecule has 0 aliphatic carbocycles. The Labute approximate surface area is 178 Å². The van der Waals surface area contributed by atoms with Crippen LogP contribution >= 0.6 is 0 Å². The maximum Gasteiger partial charge on any atom is 0.335 e. The van der Waals surface area contributed by atoms with Gasteiger partial charge in [-0.3, -0.25) is 13.9 Å². The van der Waals surface area contributed by atoms with Gasteiger partial charge in [0, 0.05) is 25.2 Å². The normalized spacial score (nSPS) is 18.7. The highest BCUT2D eigenvalue weighted by atomic mass is 32.2. The number of nitrogens with zero attached hydrogens (tertiary/aromatic N) is 2. The zero-order chi connectivity index (χ0) is 22.3. The topological polar surface area (TPSA) is 132 Å². The highest BCUT2D eigenvalue weighted by Gasteiger charge is 2.35. The van der Waals surface area contributed by atoms with E-state index in [1.54, 1.807) is 0 Å². The number of carbonyl (C=O) groups is 3. The van der Waals surface area contributed by atoms with Crippen LogP contribution in [0, 0.1) is 5.92 Å². The first-order valence-corrected chi connectivity index (χ1v) is 11.1. The van der Waals surface area contributed by atoms with E-state index in [0.717, 1.165) is 0 Å². The van der Waals surface area contributed by atoms with Crippen molar-refractivity contribution in [3.63, 3.8) is 0 Å². The molecule has 2 aromatic rings. The van der Waals surface area contributed by atoms with E-state index in [9.17, 15) is 27.9 Å². The summed E-state index contributed by atoms with van der Waals surface area (Å²) in [6.07, 6.45) is 1.06. The number of benzene rings is 2. The number of amides is 1. The van der Waals surface area contributed by atoms with Crippen molar-refractivity contribution in [1.82, 2.24) is 0 Å². The van der Waals surface area contributed by atoms with Gasteiger partial charge < -0.3 is 15.1 Å². The summed E-state index contributed by atoms with van der Waals surface area (Å²) in [5, 5.41) is 18.3. The predicted molar refractivity (Wildman–Crippen MR) is 111 cm³/mol. The molecule has 0 saturated carbocycles. The van der Waals surface area contributed by atoms with E-state index >= 15 is 0 Å². The van der Waals surface area contributed by atoms with Crippen LogP contribution in [0.25, 0.3) is 0 Å². The monoisotopic (exact) mass is 444 g/mol. The molecule has 2 aromatic carbocycles. The van der Waals surface area contributed by atoms with Crippen LogP contribution in [0.15, 0.2) is 47.4 Å². The van der Waals surface area contributed by atoms with E-state index in [4.69, 9.17) is 5.11 Å². The molecule has 4 rings (SSSR count). The molecule has 31 heavy (non-hydrogen) atoms. The summed E-state index contributed by atoms with van der Waals surface area (Å²) in [6.45, 7) is 0.320. The van der Waals surface area contributed by atoms with Crippen molar-refractivity contribution in [1.29, 1.82) is 0 Å². The summed E-state index contributed by atoms with van der Waals surface area (Å²) in [5.41, 5.74) is 1.67. The van der Waals surface area contributed by atoms with Crippen molar-refractivity contribution in [3.05, 3.63) is 53.6 Å². The number of hydrogen-bond donors (Lipinski definition) is 2. The fraction of sp³-hybridized carbons (Fsp3) is 0.286. The molecule has 0 bridgehead atoms. The van der Waals surface area contributed by atoms with Crippen molar-refractivity contribution >= 4 is 39.2 Å². The third-order valence-electron chi connectivity index (χ3n) is 5.61. The number of rotatable bonds is 5. The van der Waals surface area contributed by atoms with E-state index in [1.165, 1.54) is 51.7 Å². The molecular formula is C21H20N2O7S. The Morgan fingerprint density at radius 1 is 1.03 bits per heavy atom. The van der Waals surface area contributed by atoms with Gasteiger partial charge in [0.25, 0.3) is 10.0 Å². The van der Waals surface area contributed by atoms with E-state index in [-0.39, 0.29) is 35.9 Å². The molecule has 1 saturated heterocycles. The minimum atomic E-state index is -3.90. The average molecular weight is 444 g/mol. The second-order valence-electron chi connectivity index (χ2n) is 7.57. The Kier molecular flexibility index (Phi) is 5.18. The fourth-order valence-electron chi connectivity index (χ4n) is 3.99. The second-order valence-corrected chi connectivity index (χ2v) is 9.43. The summed E-state index contributed by atoms with van der Waals surface area (Å²) in [7, 11) is -3.90. The number of hydrogen-bond acceptors (Lipinski definition) is 5. The van der Waals surface area contributed by atoms with Crippen LogP contribution in [0.2, 0.25) is 0 Å². The van der Waals surface area contributed by atoms with Crippen molar-refractivity contribution in [2.45, 2.75) is 24.2 Å². The number of sulfonamides is 1. The van der Waals surface area contributed by atoms with Crippen LogP contribution in [0.4, 0.5) is 11.4 Å². The summed E-state index contributed by atoms with van der Waals surface area (Å²) < 4.78 is 27.8. The summed E-state index contributed by atoms with van der Waals surface area (Å²) in [5.74, 6) is -3.21. The van der Waals surface area contributed by atoms with Gasteiger partial charge in [0.1, 0.15) is 0 Å². The molecule has 2 aliphatic rings. The fourth-order valence-corrected chi connectivity index (χ4v) is 5.53. The largest absolute Gasteiger partial charge is 0.481 e. The number of fused-ring (bicyclic) bond motifs is 1. The van der Waals surface area contributed by atoms with Gasteiger partial charge in [-0.05, 0) is 60.9 Å². The minimum Gasteiger partial charge on any atom is -0.481 e. The van der Waals surface area contributed by atoms with Crippen LogP contribution < -0.4 is 9.21 Å². The first kappa shape index (κ1) is 20.9. The Morgan fingerprint density at radius 3 is 2.35 bits per heavy atom. The lowest BCUT2D eigenvalue weighted by Gasteiger charge is -2.30. The van der Waals surface area contributed by atoms with Gasteiger partial charge in [-0.1, -0.05) is 0 Å². The maximum atomic E-state index is 13.3. The van der Waals surface area contributed by atoms with Crippen LogP contribution in [-0.2, 0) is 26.0 Å². The molecule has 162 valence electrons. The molecule has 1 fully saturated rings. The number of carboxylic acids is 2. The molecule has 0 spiro atoms. The van der Waals surface area contributed by atoms with Gasteiger partial charge in [0.15, 0.2) is 0 Å². The van der Waals surface area contributed by atoms with Crippen molar-refractivity contribution < 1.29 is 33.0 Å². The first-order valence-electron chi connectivity index (χ1n) is 9.70. The molecule has 1 unspecified atom stereocenters. The van der Waals surface area contributed by atoms with E-state index in [2.05, 4.69) is 0 Å². The van der Waals surface area contributed by atoms with E-state index in [0.29, 0.717) is 29.8 Å². The number of carboxylic acid groups (broad SMARTS) is 2. The lowest BCUT2D eigenvalue weighted by Crippen LogP contribution is -2.35. The lowest BCUT2D eigenvalue weighted by atomic mass is 10.0. The quantitative estimate of drug-likeness (QED) is 0.720. The minimum absolute atomic E-state index is 0.0350.